The van der Waals surface area contributed by atoms with Gasteiger partial charge >= 0.3 is 5.97 Å². The van der Waals surface area contributed by atoms with Crippen LogP contribution in [0.4, 0.5) is 0 Å². The maximum Gasteiger partial charge on any atom is 0.305 e. The summed E-state index contributed by atoms with van der Waals surface area (Å²) in [6.07, 6.45) is 21.9. The van der Waals surface area contributed by atoms with E-state index in [1.807, 2.05) is 0 Å². The van der Waals surface area contributed by atoms with Crippen LogP contribution in [0.1, 0.15) is 130 Å². The monoisotopic (exact) mass is 438 g/mol. The van der Waals surface area contributed by atoms with E-state index in [0.717, 1.165) is 31.6 Å². The molecule has 4 atom stereocenters. The second kappa shape index (κ2) is 16.1. The van der Waals surface area contributed by atoms with Gasteiger partial charge in [-0.1, -0.05) is 91.4 Å². The molecular weight excluding hydrogens is 388 g/mol. The number of carbonyl (C=O) groups is 1. The van der Waals surface area contributed by atoms with Crippen molar-refractivity contribution < 1.29 is 19.0 Å². The highest BCUT2D eigenvalue weighted by Gasteiger charge is 2.47. The number of ether oxygens (including phenoxy) is 3. The molecule has 0 bridgehead atoms. The predicted octanol–water partition coefficient (Wildman–Crippen LogP) is 7.37. The molecule has 31 heavy (non-hydrogen) atoms. The van der Waals surface area contributed by atoms with Gasteiger partial charge in [0.25, 0.3) is 0 Å². The number of hydrogen-bond donors (Lipinski definition) is 0. The van der Waals surface area contributed by atoms with Gasteiger partial charge in [-0.3, -0.25) is 4.79 Å². The lowest BCUT2D eigenvalue weighted by Crippen LogP contribution is -2.05. The van der Waals surface area contributed by atoms with Crippen LogP contribution in [0.3, 0.4) is 0 Å². The van der Waals surface area contributed by atoms with E-state index in [0.29, 0.717) is 37.4 Å². The lowest BCUT2D eigenvalue weighted by Gasteiger charge is -2.06. The second-order valence-corrected chi connectivity index (χ2v) is 10.3. The maximum absolute atomic E-state index is 11.8. The molecule has 2 aliphatic rings. The van der Waals surface area contributed by atoms with E-state index in [2.05, 4.69) is 20.8 Å². The van der Waals surface area contributed by atoms with Crippen molar-refractivity contribution in [1.82, 2.24) is 0 Å². The normalized spacial score (nSPS) is 24.5. The molecule has 0 aliphatic carbocycles. The zero-order chi connectivity index (χ0) is 22.3. The SMILES string of the molecule is CCCCCC1OC1CC1OC1CCCCCCCC(=O)OCCCCCCC(C)C. The molecule has 0 aromatic rings. The smallest absolute Gasteiger partial charge is 0.305 e. The summed E-state index contributed by atoms with van der Waals surface area (Å²) >= 11 is 0. The van der Waals surface area contributed by atoms with Gasteiger partial charge in [0.2, 0.25) is 0 Å². The van der Waals surface area contributed by atoms with Gasteiger partial charge in [-0.25, -0.2) is 0 Å². The maximum atomic E-state index is 11.8. The van der Waals surface area contributed by atoms with Crippen LogP contribution in [0, 0.1) is 5.92 Å². The highest BCUT2D eigenvalue weighted by atomic mass is 16.6. The van der Waals surface area contributed by atoms with Crippen molar-refractivity contribution in [2.45, 2.75) is 154 Å². The van der Waals surface area contributed by atoms with Gasteiger partial charge in [-0.05, 0) is 31.6 Å². The highest BCUT2D eigenvalue weighted by molar-refractivity contribution is 5.69. The summed E-state index contributed by atoms with van der Waals surface area (Å²) in [4.78, 5) is 11.8. The van der Waals surface area contributed by atoms with Gasteiger partial charge in [0.1, 0.15) is 0 Å². The van der Waals surface area contributed by atoms with Crippen molar-refractivity contribution in [1.29, 1.82) is 0 Å². The molecule has 4 nitrogen and oxygen atoms in total. The van der Waals surface area contributed by atoms with Crippen LogP contribution < -0.4 is 0 Å². The number of epoxide rings is 2. The summed E-state index contributed by atoms with van der Waals surface area (Å²) in [5.74, 6) is 0.791. The molecule has 0 N–H and O–H groups in total. The van der Waals surface area contributed by atoms with Gasteiger partial charge in [0.15, 0.2) is 0 Å². The van der Waals surface area contributed by atoms with Crippen LogP contribution in [-0.2, 0) is 19.0 Å². The molecule has 0 radical (unpaired) electrons. The van der Waals surface area contributed by atoms with Crippen LogP contribution in [0.5, 0.6) is 0 Å². The van der Waals surface area contributed by atoms with Gasteiger partial charge in [0, 0.05) is 12.8 Å². The van der Waals surface area contributed by atoms with Crippen LogP contribution >= 0.6 is 0 Å². The summed E-state index contributed by atoms with van der Waals surface area (Å²) < 4.78 is 17.0. The summed E-state index contributed by atoms with van der Waals surface area (Å²) in [6, 6.07) is 0. The largest absolute Gasteiger partial charge is 0.466 e. The van der Waals surface area contributed by atoms with Crippen molar-refractivity contribution in [2.24, 2.45) is 5.92 Å². The standard InChI is InChI=1S/C27H50O4/c1-4-5-11-17-23-25(30-23)21-26-24(31-26)18-13-7-6-8-14-19-27(28)29-20-15-10-9-12-16-22(2)3/h22-26H,4-21H2,1-3H3. The Morgan fingerprint density at radius 2 is 1.32 bits per heavy atom. The summed E-state index contributed by atoms with van der Waals surface area (Å²) in [5, 5.41) is 0. The average Bonchev–Trinajstić information content (AvgIpc) is 3.65. The summed E-state index contributed by atoms with van der Waals surface area (Å²) in [5.41, 5.74) is 0. The first-order chi connectivity index (χ1) is 15.1. The Hall–Kier alpha value is -0.610. The van der Waals surface area contributed by atoms with E-state index in [1.165, 1.54) is 77.0 Å². The minimum atomic E-state index is -0.00769. The Balaban J connectivity index is 1.28. The minimum absolute atomic E-state index is 0.00769. The molecule has 0 aromatic carbocycles. The van der Waals surface area contributed by atoms with Gasteiger partial charge in [-0.15, -0.1) is 0 Å². The Labute approximate surface area is 192 Å². The topological polar surface area (TPSA) is 51.4 Å². The van der Waals surface area contributed by atoms with Crippen LogP contribution in [-0.4, -0.2) is 37.0 Å². The predicted molar refractivity (Wildman–Crippen MR) is 127 cm³/mol. The zero-order valence-corrected chi connectivity index (χ0v) is 20.7. The Bertz CT molecular complexity index is 464. The van der Waals surface area contributed by atoms with Crippen LogP contribution in [0.2, 0.25) is 0 Å². The average molecular weight is 439 g/mol. The second-order valence-electron chi connectivity index (χ2n) is 10.3. The fourth-order valence-electron chi connectivity index (χ4n) is 4.52. The van der Waals surface area contributed by atoms with Gasteiger partial charge in [0.05, 0.1) is 31.0 Å². The van der Waals surface area contributed by atoms with E-state index >= 15 is 0 Å². The van der Waals surface area contributed by atoms with Crippen molar-refractivity contribution >= 4 is 5.97 Å². The van der Waals surface area contributed by atoms with Crippen molar-refractivity contribution in [2.75, 3.05) is 6.61 Å². The molecule has 2 saturated heterocycles. The van der Waals surface area contributed by atoms with Crippen LogP contribution in [0.25, 0.3) is 0 Å². The van der Waals surface area contributed by atoms with E-state index in [1.54, 1.807) is 0 Å². The molecule has 4 heteroatoms. The molecule has 4 unspecified atom stereocenters. The lowest BCUT2D eigenvalue weighted by atomic mass is 10.0. The van der Waals surface area contributed by atoms with Crippen molar-refractivity contribution in [3.05, 3.63) is 0 Å². The number of rotatable bonds is 21. The third-order valence-electron chi connectivity index (χ3n) is 6.74. The molecule has 0 amide bonds. The molecule has 0 saturated carbocycles. The lowest BCUT2D eigenvalue weighted by molar-refractivity contribution is -0.143. The molecule has 0 spiro atoms. The Morgan fingerprint density at radius 1 is 0.742 bits per heavy atom. The highest BCUT2D eigenvalue weighted by Crippen LogP contribution is 2.39. The fraction of sp³-hybridized carbons (Fsp3) is 0.963. The number of hydrogen-bond acceptors (Lipinski definition) is 4. The number of esters is 1. The minimum Gasteiger partial charge on any atom is -0.466 e. The van der Waals surface area contributed by atoms with E-state index in [-0.39, 0.29) is 5.97 Å². The fourth-order valence-corrected chi connectivity index (χ4v) is 4.52. The zero-order valence-electron chi connectivity index (χ0n) is 20.7. The first-order valence-electron chi connectivity index (χ1n) is 13.6. The molecule has 2 heterocycles. The van der Waals surface area contributed by atoms with E-state index in [4.69, 9.17) is 14.2 Å². The molecule has 0 aromatic heterocycles. The Kier molecular flexibility index (Phi) is 13.8. The van der Waals surface area contributed by atoms with Crippen molar-refractivity contribution in [3.63, 3.8) is 0 Å². The Morgan fingerprint density at radius 3 is 2.00 bits per heavy atom. The van der Waals surface area contributed by atoms with E-state index in [9.17, 15) is 4.79 Å². The van der Waals surface area contributed by atoms with Crippen LogP contribution in [0.15, 0.2) is 0 Å². The van der Waals surface area contributed by atoms with Gasteiger partial charge in [-0.2, -0.15) is 0 Å². The first-order valence-corrected chi connectivity index (χ1v) is 13.6. The van der Waals surface area contributed by atoms with Gasteiger partial charge < -0.3 is 14.2 Å². The third kappa shape index (κ3) is 13.5. The number of carbonyl (C=O) groups excluding carboxylic acids is 1. The molecule has 2 aliphatic heterocycles. The van der Waals surface area contributed by atoms with E-state index < -0.39 is 0 Å². The molecular formula is C27H50O4. The number of unbranched alkanes of at least 4 members (excludes halogenated alkanes) is 9. The quantitative estimate of drug-likeness (QED) is 0.107. The molecule has 182 valence electrons. The molecule has 2 rings (SSSR count). The van der Waals surface area contributed by atoms with Crippen molar-refractivity contribution in [3.8, 4) is 0 Å². The summed E-state index contributed by atoms with van der Waals surface area (Å²) in [6.45, 7) is 7.40. The molecule has 2 fully saturated rings. The third-order valence-corrected chi connectivity index (χ3v) is 6.74. The first kappa shape index (κ1) is 26.6. The summed E-state index contributed by atoms with van der Waals surface area (Å²) in [7, 11) is 0.